The van der Waals surface area contributed by atoms with Crippen molar-refractivity contribution in [1.82, 2.24) is 9.61 Å². The van der Waals surface area contributed by atoms with Crippen LogP contribution in [0.3, 0.4) is 0 Å². The minimum atomic E-state index is -0.860. The van der Waals surface area contributed by atoms with Crippen LogP contribution < -0.4 is 14.8 Å². The van der Waals surface area contributed by atoms with Gasteiger partial charge in [-0.1, -0.05) is 12.1 Å². The summed E-state index contributed by atoms with van der Waals surface area (Å²) in [5, 5.41) is 26.7. The van der Waals surface area contributed by atoms with Crippen LogP contribution in [0.5, 0.6) is 11.5 Å². The molecule has 0 saturated carbocycles. The predicted octanol–water partition coefficient (Wildman–Crippen LogP) is 2.98. The summed E-state index contributed by atoms with van der Waals surface area (Å²) < 4.78 is 12.8. The molecular weight excluding hydrogens is 344 g/mol. The molecule has 0 radical (unpaired) electrons. The Bertz CT molecular complexity index is 966. The van der Waals surface area contributed by atoms with Crippen molar-refractivity contribution in [3.8, 4) is 17.6 Å². The highest BCUT2D eigenvalue weighted by Gasteiger charge is 2.15. The first kappa shape index (κ1) is 18.5. The van der Waals surface area contributed by atoms with Crippen molar-refractivity contribution in [2.75, 3.05) is 19.0 Å². The van der Waals surface area contributed by atoms with Gasteiger partial charge in [-0.3, -0.25) is 0 Å². The summed E-state index contributed by atoms with van der Waals surface area (Å²) in [6.45, 7) is 4.15. The van der Waals surface area contributed by atoms with E-state index in [0.717, 1.165) is 17.0 Å². The standard InChI is InChI=1S/C20H22N4O3/c1-20(2,25)13-22-16-8-18(19-15(9-21)10-23-24(19)11-16)27-12-14-4-6-17(26-3)7-5-14/h4-8,10-11,22,25H,12-13H2,1-3H3. The summed E-state index contributed by atoms with van der Waals surface area (Å²) in [5.41, 5.74) is 1.90. The Morgan fingerprint density at radius 1 is 1.30 bits per heavy atom. The monoisotopic (exact) mass is 366 g/mol. The van der Waals surface area contributed by atoms with Gasteiger partial charge < -0.3 is 19.9 Å². The Labute approximate surface area is 157 Å². The number of nitrogens with one attached hydrogen (secondary N) is 1. The van der Waals surface area contributed by atoms with E-state index in [2.05, 4.69) is 16.5 Å². The topological polar surface area (TPSA) is 91.8 Å². The van der Waals surface area contributed by atoms with Crippen molar-refractivity contribution in [3.63, 3.8) is 0 Å². The number of hydrogen-bond acceptors (Lipinski definition) is 6. The quantitative estimate of drug-likeness (QED) is 0.668. The number of pyridine rings is 1. The lowest BCUT2D eigenvalue weighted by Gasteiger charge is -2.19. The average Bonchev–Trinajstić information content (AvgIpc) is 3.07. The molecule has 0 atom stereocenters. The van der Waals surface area contributed by atoms with Gasteiger partial charge >= 0.3 is 0 Å². The molecule has 0 unspecified atom stereocenters. The smallest absolute Gasteiger partial charge is 0.149 e. The van der Waals surface area contributed by atoms with E-state index in [9.17, 15) is 10.4 Å². The molecule has 3 aromatic rings. The highest BCUT2D eigenvalue weighted by atomic mass is 16.5. The SMILES string of the molecule is COc1ccc(COc2cc(NCC(C)(C)O)cn3ncc(C#N)c23)cc1. The highest BCUT2D eigenvalue weighted by Crippen LogP contribution is 2.28. The second-order valence-corrected chi connectivity index (χ2v) is 6.86. The summed E-state index contributed by atoms with van der Waals surface area (Å²) in [7, 11) is 1.62. The van der Waals surface area contributed by atoms with E-state index in [1.165, 1.54) is 6.20 Å². The number of aromatic nitrogens is 2. The first-order chi connectivity index (χ1) is 12.9. The lowest BCUT2D eigenvalue weighted by atomic mass is 10.1. The highest BCUT2D eigenvalue weighted by molar-refractivity contribution is 5.72. The summed E-state index contributed by atoms with van der Waals surface area (Å²) in [6, 6.07) is 11.5. The molecule has 0 fully saturated rings. The van der Waals surface area contributed by atoms with Gasteiger partial charge in [0.25, 0.3) is 0 Å². The maximum Gasteiger partial charge on any atom is 0.149 e. The van der Waals surface area contributed by atoms with Gasteiger partial charge in [0.05, 0.1) is 30.8 Å². The fourth-order valence-corrected chi connectivity index (χ4v) is 2.57. The zero-order valence-electron chi connectivity index (χ0n) is 15.6. The molecule has 0 aliphatic carbocycles. The number of benzene rings is 1. The third kappa shape index (κ3) is 4.49. The van der Waals surface area contributed by atoms with Gasteiger partial charge in [-0.15, -0.1) is 0 Å². The van der Waals surface area contributed by atoms with Crippen LogP contribution in [-0.2, 0) is 6.61 Å². The lowest BCUT2D eigenvalue weighted by molar-refractivity contribution is 0.0945. The number of ether oxygens (including phenoxy) is 2. The van der Waals surface area contributed by atoms with Crippen molar-refractivity contribution in [3.05, 3.63) is 53.9 Å². The summed E-state index contributed by atoms with van der Waals surface area (Å²) in [6.07, 6.45) is 3.28. The molecule has 3 rings (SSSR count). The van der Waals surface area contributed by atoms with Crippen LogP contribution in [0.1, 0.15) is 25.0 Å². The first-order valence-electron chi connectivity index (χ1n) is 8.53. The molecule has 0 amide bonds. The lowest BCUT2D eigenvalue weighted by Crippen LogP contribution is -2.29. The molecular formula is C20H22N4O3. The Morgan fingerprint density at radius 2 is 2.04 bits per heavy atom. The van der Waals surface area contributed by atoms with Gasteiger partial charge in [0.1, 0.15) is 35.3 Å². The van der Waals surface area contributed by atoms with Crippen molar-refractivity contribution in [2.45, 2.75) is 26.1 Å². The summed E-state index contributed by atoms with van der Waals surface area (Å²) in [5.74, 6) is 1.32. The van der Waals surface area contributed by atoms with E-state index in [1.54, 1.807) is 31.7 Å². The second-order valence-electron chi connectivity index (χ2n) is 6.86. The van der Waals surface area contributed by atoms with E-state index >= 15 is 0 Å². The molecule has 0 saturated heterocycles. The number of anilines is 1. The second kappa shape index (κ2) is 7.56. The molecule has 0 aliphatic heterocycles. The van der Waals surface area contributed by atoms with E-state index < -0.39 is 5.60 Å². The number of methoxy groups -OCH3 is 1. The average molecular weight is 366 g/mol. The number of hydrogen-bond donors (Lipinski definition) is 2. The number of aliphatic hydroxyl groups is 1. The maximum absolute atomic E-state index is 9.93. The Hall–Kier alpha value is -3.24. The minimum Gasteiger partial charge on any atom is -0.497 e. The van der Waals surface area contributed by atoms with Crippen molar-refractivity contribution in [2.24, 2.45) is 0 Å². The van der Waals surface area contributed by atoms with E-state index in [1.807, 2.05) is 30.3 Å². The maximum atomic E-state index is 9.93. The van der Waals surface area contributed by atoms with Gasteiger partial charge in [-0.2, -0.15) is 10.4 Å². The molecule has 2 N–H and O–H groups in total. The largest absolute Gasteiger partial charge is 0.497 e. The third-order valence-electron chi connectivity index (χ3n) is 3.98. The molecule has 2 heterocycles. The zero-order valence-corrected chi connectivity index (χ0v) is 15.6. The van der Waals surface area contributed by atoms with Crippen LogP contribution in [0.15, 0.2) is 42.7 Å². The molecule has 7 nitrogen and oxygen atoms in total. The van der Waals surface area contributed by atoms with Gasteiger partial charge in [-0.05, 0) is 31.5 Å². The van der Waals surface area contributed by atoms with E-state index in [4.69, 9.17) is 9.47 Å². The fourth-order valence-electron chi connectivity index (χ4n) is 2.57. The Morgan fingerprint density at radius 3 is 2.67 bits per heavy atom. The van der Waals surface area contributed by atoms with Crippen molar-refractivity contribution in [1.29, 1.82) is 5.26 Å². The van der Waals surface area contributed by atoms with E-state index in [0.29, 0.717) is 30.0 Å². The van der Waals surface area contributed by atoms with Crippen LogP contribution in [0.2, 0.25) is 0 Å². The fraction of sp³-hybridized carbons (Fsp3) is 0.300. The summed E-state index contributed by atoms with van der Waals surface area (Å²) in [4.78, 5) is 0. The van der Waals surface area contributed by atoms with Crippen LogP contribution in [0.25, 0.3) is 5.52 Å². The molecule has 1 aromatic carbocycles. The van der Waals surface area contributed by atoms with Crippen LogP contribution in [0, 0.1) is 11.3 Å². The zero-order chi connectivity index (χ0) is 19.4. The molecule has 27 heavy (non-hydrogen) atoms. The van der Waals surface area contributed by atoms with Crippen LogP contribution in [0.4, 0.5) is 5.69 Å². The molecule has 0 aliphatic rings. The van der Waals surface area contributed by atoms with Gasteiger partial charge in [0.15, 0.2) is 0 Å². The number of nitriles is 1. The number of fused-ring (bicyclic) bond motifs is 1. The number of nitrogens with zero attached hydrogens (tertiary/aromatic N) is 3. The molecule has 140 valence electrons. The first-order valence-corrected chi connectivity index (χ1v) is 8.53. The van der Waals surface area contributed by atoms with Crippen LogP contribution in [-0.4, -0.2) is 34.0 Å². The van der Waals surface area contributed by atoms with Crippen molar-refractivity contribution >= 4 is 11.2 Å². The minimum absolute atomic E-state index is 0.338. The van der Waals surface area contributed by atoms with Gasteiger partial charge in [-0.25, -0.2) is 4.52 Å². The molecule has 2 aromatic heterocycles. The normalized spacial score (nSPS) is 11.2. The Balaban J connectivity index is 1.88. The van der Waals surface area contributed by atoms with Gasteiger partial charge in [0, 0.05) is 12.6 Å². The third-order valence-corrected chi connectivity index (χ3v) is 3.98. The van der Waals surface area contributed by atoms with Gasteiger partial charge in [0.2, 0.25) is 0 Å². The number of rotatable bonds is 7. The molecule has 0 bridgehead atoms. The summed E-state index contributed by atoms with van der Waals surface area (Å²) >= 11 is 0. The molecule has 0 spiro atoms. The predicted molar refractivity (Wildman–Crippen MR) is 102 cm³/mol. The molecule has 7 heteroatoms. The van der Waals surface area contributed by atoms with Crippen molar-refractivity contribution < 1.29 is 14.6 Å². The Kier molecular flexibility index (Phi) is 5.19. The van der Waals surface area contributed by atoms with E-state index in [-0.39, 0.29) is 0 Å². The van der Waals surface area contributed by atoms with Crippen LogP contribution >= 0.6 is 0 Å².